The molecule has 0 spiro atoms. The van der Waals surface area contributed by atoms with Crippen molar-refractivity contribution in [2.75, 3.05) is 0 Å². The minimum absolute atomic E-state index is 0.0140. The number of carboxylic acids is 1. The fourth-order valence-corrected chi connectivity index (χ4v) is 2.25. The molecule has 1 amide bonds. The first kappa shape index (κ1) is 17.5. The predicted octanol–water partition coefficient (Wildman–Crippen LogP) is 3.43. The van der Waals surface area contributed by atoms with Gasteiger partial charge < -0.3 is 10.0 Å². The van der Waals surface area contributed by atoms with Crippen LogP contribution in [0.4, 0.5) is 0 Å². The van der Waals surface area contributed by atoms with Crippen LogP contribution in [0, 0.1) is 11.8 Å². The van der Waals surface area contributed by atoms with Crippen molar-refractivity contribution in [3.8, 4) is 0 Å². The maximum Gasteiger partial charge on any atom is 0.307 e. The molecule has 1 N–H and O–H groups in total. The molecule has 1 aromatic carbocycles. The number of benzene rings is 1. The molecule has 0 aliphatic rings. The van der Waals surface area contributed by atoms with E-state index in [-0.39, 0.29) is 11.9 Å². The van der Waals surface area contributed by atoms with Crippen LogP contribution in [-0.2, 0) is 16.1 Å². The maximum absolute atomic E-state index is 12.5. The first-order chi connectivity index (χ1) is 9.73. The van der Waals surface area contributed by atoms with Crippen LogP contribution >= 0.6 is 11.6 Å². The monoisotopic (exact) mass is 311 g/mol. The minimum atomic E-state index is -0.956. The van der Waals surface area contributed by atoms with Gasteiger partial charge in [-0.05, 0) is 31.5 Å². The van der Waals surface area contributed by atoms with E-state index in [9.17, 15) is 9.59 Å². The van der Waals surface area contributed by atoms with Crippen molar-refractivity contribution in [1.29, 1.82) is 0 Å². The van der Waals surface area contributed by atoms with Crippen molar-refractivity contribution in [1.82, 2.24) is 4.90 Å². The third-order valence-corrected chi connectivity index (χ3v) is 3.91. The first-order valence-electron chi connectivity index (χ1n) is 7.01. The number of hydrogen-bond donors (Lipinski definition) is 1. The van der Waals surface area contributed by atoms with Crippen LogP contribution in [-0.4, -0.2) is 27.9 Å². The zero-order chi connectivity index (χ0) is 16.2. The molecule has 0 saturated heterocycles. The van der Waals surface area contributed by atoms with Gasteiger partial charge in [-0.25, -0.2) is 0 Å². The molecule has 116 valence electrons. The van der Waals surface area contributed by atoms with Crippen molar-refractivity contribution in [3.63, 3.8) is 0 Å². The molecule has 1 aromatic rings. The molecular formula is C16H22ClNO3. The van der Waals surface area contributed by atoms with Gasteiger partial charge in [0.05, 0.1) is 5.92 Å². The zero-order valence-electron chi connectivity index (χ0n) is 12.8. The second-order valence-electron chi connectivity index (χ2n) is 5.61. The molecule has 2 atom stereocenters. The van der Waals surface area contributed by atoms with Crippen LogP contribution < -0.4 is 0 Å². The number of hydrogen-bond acceptors (Lipinski definition) is 2. The molecule has 0 saturated carbocycles. The summed E-state index contributed by atoms with van der Waals surface area (Å²) < 4.78 is 0. The third kappa shape index (κ3) is 4.74. The highest BCUT2D eigenvalue weighted by molar-refractivity contribution is 6.30. The number of carboxylic acid groups (broad SMARTS) is 1. The summed E-state index contributed by atoms with van der Waals surface area (Å²) in [6.45, 7) is 7.48. The summed E-state index contributed by atoms with van der Waals surface area (Å²) in [7, 11) is 0. The van der Waals surface area contributed by atoms with E-state index >= 15 is 0 Å². The molecule has 0 fully saturated rings. The number of halogens is 1. The second-order valence-corrected chi connectivity index (χ2v) is 6.04. The Morgan fingerprint density at radius 2 is 1.81 bits per heavy atom. The number of carbonyl (C=O) groups is 2. The van der Waals surface area contributed by atoms with Crippen molar-refractivity contribution in [2.45, 2.75) is 40.3 Å². The third-order valence-electron chi connectivity index (χ3n) is 3.68. The van der Waals surface area contributed by atoms with E-state index in [2.05, 4.69) is 0 Å². The van der Waals surface area contributed by atoms with Gasteiger partial charge in [-0.3, -0.25) is 9.59 Å². The number of amides is 1. The molecule has 5 heteroatoms. The fourth-order valence-electron chi connectivity index (χ4n) is 2.04. The van der Waals surface area contributed by atoms with Crippen LogP contribution in [0.2, 0.25) is 5.02 Å². The van der Waals surface area contributed by atoms with Gasteiger partial charge in [-0.15, -0.1) is 0 Å². The van der Waals surface area contributed by atoms with Crippen LogP contribution in [0.15, 0.2) is 24.3 Å². The van der Waals surface area contributed by atoms with Gasteiger partial charge >= 0.3 is 5.97 Å². The normalized spacial score (nSPS) is 13.8. The van der Waals surface area contributed by atoms with Crippen LogP contribution in [0.25, 0.3) is 0 Å². The summed E-state index contributed by atoms with van der Waals surface area (Å²) >= 11 is 5.96. The summed E-state index contributed by atoms with van der Waals surface area (Å²) in [6.07, 6.45) is 0. The van der Waals surface area contributed by atoms with Crippen molar-refractivity contribution >= 4 is 23.5 Å². The van der Waals surface area contributed by atoms with E-state index in [1.165, 1.54) is 0 Å². The lowest BCUT2D eigenvalue weighted by Gasteiger charge is -2.31. The molecule has 0 bridgehead atoms. The van der Waals surface area contributed by atoms with E-state index in [0.29, 0.717) is 11.6 Å². The summed E-state index contributed by atoms with van der Waals surface area (Å²) in [6, 6.07) is 7.32. The van der Waals surface area contributed by atoms with Crippen LogP contribution in [0.1, 0.15) is 33.3 Å². The number of rotatable bonds is 6. The highest BCUT2D eigenvalue weighted by atomic mass is 35.5. The minimum Gasteiger partial charge on any atom is -0.481 e. The topological polar surface area (TPSA) is 57.6 Å². The maximum atomic E-state index is 12.5. The lowest BCUT2D eigenvalue weighted by molar-refractivity contribution is -0.150. The van der Waals surface area contributed by atoms with Crippen LogP contribution in [0.5, 0.6) is 0 Å². The standard InChI is InChI=1S/C16H22ClNO3/c1-10(2)18(9-13-6-5-7-14(17)8-13)15(19)11(3)12(4)16(20)21/h5-8,10-12H,9H2,1-4H3,(H,20,21). The highest BCUT2D eigenvalue weighted by Gasteiger charge is 2.30. The quantitative estimate of drug-likeness (QED) is 0.875. The Hall–Kier alpha value is -1.55. The van der Waals surface area contributed by atoms with E-state index in [4.69, 9.17) is 16.7 Å². The fraction of sp³-hybridized carbons (Fsp3) is 0.500. The molecule has 0 radical (unpaired) electrons. The molecule has 21 heavy (non-hydrogen) atoms. The molecule has 0 aromatic heterocycles. The summed E-state index contributed by atoms with van der Waals surface area (Å²) in [4.78, 5) is 25.3. The first-order valence-corrected chi connectivity index (χ1v) is 7.39. The summed E-state index contributed by atoms with van der Waals surface area (Å²) in [5, 5.41) is 9.68. The molecule has 0 aliphatic heterocycles. The second kappa shape index (κ2) is 7.46. The van der Waals surface area contributed by atoms with Gasteiger partial charge in [0.25, 0.3) is 0 Å². The predicted molar refractivity (Wildman–Crippen MR) is 83.1 cm³/mol. The Morgan fingerprint density at radius 3 is 2.29 bits per heavy atom. The van der Waals surface area contributed by atoms with Gasteiger partial charge in [0, 0.05) is 23.5 Å². The average Bonchev–Trinajstić information content (AvgIpc) is 2.42. The summed E-state index contributed by atoms with van der Waals surface area (Å²) in [5.41, 5.74) is 0.930. The van der Waals surface area contributed by atoms with Gasteiger partial charge in [-0.1, -0.05) is 37.6 Å². The van der Waals surface area contributed by atoms with Crippen LogP contribution in [0.3, 0.4) is 0 Å². The Balaban J connectivity index is 2.91. The van der Waals surface area contributed by atoms with E-state index < -0.39 is 17.8 Å². The number of aliphatic carboxylic acids is 1. The Kier molecular flexibility index (Phi) is 6.21. The van der Waals surface area contributed by atoms with Gasteiger partial charge in [0.15, 0.2) is 0 Å². The molecule has 2 unspecified atom stereocenters. The molecule has 1 rings (SSSR count). The van der Waals surface area contributed by atoms with Gasteiger partial charge in [0.1, 0.15) is 0 Å². The van der Waals surface area contributed by atoms with Crippen molar-refractivity contribution < 1.29 is 14.7 Å². The SMILES string of the molecule is CC(C(=O)O)C(C)C(=O)N(Cc1cccc(Cl)c1)C(C)C. The lowest BCUT2D eigenvalue weighted by Crippen LogP contribution is -2.42. The highest BCUT2D eigenvalue weighted by Crippen LogP contribution is 2.20. The summed E-state index contributed by atoms with van der Waals surface area (Å²) in [5.74, 6) is -2.38. The zero-order valence-corrected chi connectivity index (χ0v) is 13.6. The van der Waals surface area contributed by atoms with E-state index in [1.54, 1.807) is 24.8 Å². The van der Waals surface area contributed by atoms with Gasteiger partial charge in [0.2, 0.25) is 5.91 Å². The number of nitrogens with zero attached hydrogens (tertiary/aromatic N) is 1. The molecule has 0 heterocycles. The lowest BCUT2D eigenvalue weighted by atomic mass is 9.94. The Morgan fingerprint density at radius 1 is 1.19 bits per heavy atom. The largest absolute Gasteiger partial charge is 0.481 e. The average molecular weight is 312 g/mol. The smallest absolute Gasteiger partial charge is 0.307 e. The van der Waals surface area contributed by atoms with Crippen molar-refractivity contribution in [3.05, 3.63) is 34.9 Å². The Bertz CT molecular complexity index is 516. The molecule has 0 aliphatic carbocycles. The number of carbonyl (C=O) groups excluding carboxylic acids is 1. The Labute approximate surface area is 130 Å². The molecular weight excluding hydrogens is 290 g/mol. The van der Waals surface area contributed by atoms with Crippen molar-refractivity contribution in [2.24, 2.45) is 11.8 Å². The molecule has 4 nitrogen and oxygen atoms in total. The van der Waals surface area contributed by atoms with Gasteiger partial charge in [-0.2, -0.15) is 0 Å². The van der Waals surface area contributed by atoms with E-state index in [1.807, 2.05) is 32.0 Å². The van der Waals surface area contributed by atoms with E-state index in [0.717, 1.165) is 5.56 Å².